The molecule has 6 radical (unpaired) electrons. The summed E-state index contributed by atoms with van der Waals surface area (Å²) in [5.41, 5.74) is 2.69. The summed E-state index contributed by atoms with van der Waals surface area (Å²) in [5.74, 6) is 0.686. The first kappa shape index (κ1) is 62.2. The normalized spacial score (nSPS) is 8.98. The van der Waals surface area contributed by atoms with E-state index < -0.39 is 0 Å². The van der Waals surface area contributed by atoms with Gasteiger partial charge >= 0.3 is 0 Å². The van der Waals surface area contributed by atoms with Gasteiger partial charge in [-0.15, -0.1) is 0 Å². The molecule has 0 heterocycles. The number of hydrogen-bond acceptors (Lipinski definition) is 5. The Bertz CT molecular complexity index is 2040. The molecular weight excluding hydrogens is 1150 g/mol. The molecular formula is C42H39O7Y6-. The summed E-state index contributed by atoms with van der Waals surface area (Å²) < 4.78 is 0. The number of fused-ring (bicyclic) bond motifs is 4. The molecule has 0 aliphatic rings. The molecule has 0 saturated heterocycles. The number of phenolic OH excluding ortho intramolecular Hbond substituents is 4. The second kappa shape index (κ2) is 29.7. The van der Waals surface area contributed by atoms with Crippen LogP contribution in [0, 0.1) is 7.43 Å². The fourth-order valence-corrected chi connectivity index (χ4v) is 6.09. The van der Waals surface area contributed by atoms with Crippen LogP contribution in [0.3, 0.4) is 0 Å². The minimum Gasteiger partial charge on any atom is -0.507 e. The zero-order valence-corrected chi connectivity index (χ0v) is 47.6. The SMILES string of the molecule is CO.O.O.Oc1ccc2ccccc2c1-c1c(O)ccc2ccccc12.Oc1ccc2ccccc2c1-c1c(O)ccc2ccccc12.[CH3-].[Y].[Y].[Y].[Y].[Y].[Y]. The van der Waals surface area contributed by atoms with Crippen LogP contribution in [-0.4, -0.2) is 43.6 Å². The zero-order valence-electron chi connectivity index (χ0n) is 30.6. The van der Waals surface area contributed by atoms with Gasteiger partial charge < -0.3 is 43.9 Å². The molecule has 0 unspecified atom stereocenters. The minimum atomic E-state index is 0. The van der Waals surface area contributed by atoms with E-state index in [0.29, 0.717) is 22.3 Å². The van der Waals surface area contributed by atoms with Crippen molar-refractivity contribution in [1.29, 1.82) is 0 Å². The number of aliphatic hydroxyl groups is 1. The Labute approximate surface area is 472 Å². The van der Waals surface area contributed by atoms with Crippen molar-refractivity contribution in [1.82, 2.24) is 0 Å². The quantitative estimate of drug-likeness (QED) is 0.109. The first-order valence-electron chi connectivity index (χ1n) is 14.8. The molecule has 0 spiro atoms. The summed E-state index contributed by atoms with van der Waals surface area (Å²) in [4.78, 5) is 0. The standard InChI is InChI=1S/2C20H14O2.CH4O.CH3.2H2O.6Y/c2*21-17-11-9-13-5-1-3-7-15(13)19(17)20-16-8-4-2-6-14(16)10-12-18(20)22;1-2;;;;;;;;;/h2*1-12,21-22H;2H,1H3;1H3;2*1H2;;;;;;/q;;;-1;;;;;;;;. The Balaban J connectivity index is -0.000000391. The molecule has 7 nitrogen and oxygen atoms in total. The first-order valence-corrected chi connectivity index (χ1v) is 14.8. The van der Waals surface area contributed by atoms with Crippen molar-refractivity contribution in [2.75, 3.05) is 7.11 Å². The average Bonchev–Trinajstić information content (AvgIpc) is 3.10. The molecule has 9 N–H and O–H groups in total. The van der Waals surface area contributed by atoms with E-state index in [-0.39, 0.29) is 238 Å². The van der Waals surface area contributed by atoms with Gasteiger partial charge in [-0.25, -0.2) is 0 Å². The zero-order chi connectivity index (χ0) is 32.2. The van der Waals surface area contributed by atoms with Crippen LogP contribution in [0.4, 0.5) is 0 Å². The second-order valence-corrected chi connectivity index (χ2v) is 10.7. The summed E-state index contributed by atoms with van der Waals surface area (Å²) in [6.07, 6.45) is 0. The van der Waals surface area contributed by atoms with Crippen molar-refractivity contribution < 1.29 is 233 Å². The van der Waals surface area contributed by atoms with Gasteiger partial charge in [0.2, 0.25) is 0 Å². The van der Waals surface area contributed by atoms with E-state index in [1.54, 1.807) is 24.3 Å². The van der Waals surface area contributed by atoms with Crippen molar-refractivity contribution in [2.45, 2.75) is 0 Å². The van der Waals surface area contributed by atoms with Gasteiger partial charge in [-0.1, -0.05) is 121 Å². The minimum absolute atomic E-state index is 0. The largest absolute Gasteiger partial charge is 0.507 e. The van der Waals surface area contributed by atoms with E-state index in [0.717, 1.165) is 50.2 Å². The third-order valence-corrected chi connectivity index (χ3v) is 8.13. The summed E-state index contributed by atoms with van der Waals surface area (Å²) in [6, 6.07) is 45.7. The van der Waals surface area contributed by atoms with Crippen LogP contribution in [0.15, 0.2) is 146 Å². The van der Waals surface area contributed by atoms with Gasteiger partial charge in [0.05, 0.1) is 0 Å². The molecule has 8 aromatic rings. The third-order valence-electron chi connectivity index (χ3n) is 8.13. The Morgan fingerprint density at radius 2 is 0.436 bits per heavy atom. The Hall–Kier alpha value is 0.503. The molecule has 268 valence electrons. The smallest absolute Gasteiger partial charge is 0.124 e. The van der Waals surface area contributed by atoms with Crippen molar-refractivity contribution in [3.63, 3.8) is 0 Å². The molecule has 0 saturated carbocycles. The maximum atomic E-state index is 10.4. The van der Waals surface area contributed by atoms with Crippen molar-refractivity contribution in [3.8, 4) is 45.3 Å². The maximum absolute atomic E-state index is 10.4. The molecule has 0 aromatic heterocycles. The number of aliphatic hydroxyl groups excluding tert-OH is 1. The molecule has 8 aromatic carbocycles. The van der Waals surface area contributed by atoms with Crippen LogP contribution in [-0.2, 0) is 196 Å². The van der Waals surface area contributed by atoms with Gasteiger partial charge in [-0.2, -0.15) is 0 Å². The van der Waals surface area contributed by atoms with Crippen LogP contribution < -0.4 is 0 Å². The summed E-state index contributed by atoms with van der Waals surface area (Å²) >= 11 is 0. The van der Waals surface area contributed by atoms with E-state index in [1.807, 2.05) is 121 Å². The number of aromatic hydroxyl groups is 4. The molecule has 8 rings (SSSR count). The summed E-state index contributed by atoms with van der Waals surface area (Å²) in [5, 5.41) is 56.6. The van der Waals surface area contributed by atoms with E-state index in [4.69, 9.17) is 5.11 Å². The van der Waals surface area contributed by atoms with E-state index >= 15 is 0 Å². The molecule has 13 heteroatoms. The molecule has 0 fully saturated rings. The summed E-state index contributed by atoms with van der Waals surface area (Å²) in [7, 11) is 1.00. The van der Waals surface area contributed by atoms with Crippen LogP contribution in [0.1, 0.15) is 0 Å². The molecule has 55 heavy (non-hydrogen) atoms. The fourth-order valence-electron chi connectivity index (χ4n) is 6.09. The average molecular weight is 1190 g/mol. The number of benzene rings is 8. The molecule has 0 aliphatic carbocycles. The van der Waals surface area contributed by atoms with Gasteiger partial charge in [0.1, 0.15) is 23.0 Å². The van der Waals surface area contributed by atoms with Gasteiger partial charge in [0.15, 0.2) is 0 Å². The fraction of sp³-hybridized carbons (Fsp3) is 0.0238. The van der Waals surface area contributed by atoms with Gasteiger partial charge in [-0.3, -0.25) is 0 Å². The molecule has 0 atom stereocenters. The maximum Gasteiger partial charge on any atom is 0.124 e. The van der Waals surface area contributed by atoms with Gasteiger partial charge in [-0.05, 0) is 67.4 Å². The van der Waals surface area contributed by atoms with E-state index in [1.165, 1.54) is 0 Å². The van der Waals surface area contributed by atoms with E-state index in [9.17, 15) is 20.4 Å². The Kier molecular flexibility index (Phi) is 33.5. The number of rotatable bonds is 2. The monoisotopic (exact) mass is 1190 g/mol. The van der Waals surface area contributed by atoms with Gasteiger partial charge in [0.25, 0.3) is 0 Å². The Morgan fingerprint density at radius 3 is 0.618 bits per heavy atom. The van der Waals surface area contributed by atoms with Crippen molar-refractivity contribution in [2.24, 2.45) is 0 Å². The van der Waals surface area contributed by atoms with Crippen molar-refractivity contribution in [3.05, 3.63) is 153 Å². The predicted molar refractivity (Wildman–Crippen MR) is 202 cm³/mol. The molecule has 0 bridgehead atoms. The third kappa shape index (κ3) is 13.8. The summed E-state index contributed by atoms with van der Waals surface area (Å²) in [6.45, 7) is 0. The second-order valence-electron chi connectivity index (χ2n) is 10.7. The Morgan fingerprint density at radius 1 is 0.273 bits per heavy atom. The number of hydrogen-bond donors (Lipinski definition) is 5. The number of phenols is 4. The van der Waals surface area contributed by atoms with Crippen LogP contribution in [0.25, 0.3) is 65.3 Å². The van der Waals surface area contributed by atoms with Crippen LogP contribution >= 0.6 is 0 Å². The van der Waals surface area contributed by atoms with Crippen LogP contribution in [0.2, 0.25) is 0 Å². The first-order chi connectivity index (χ1) is 22.5. The topological polar surface area (TPSA) is 164 Å². The van der Waals surface area contributed by atoms with Crippen molar-refractivity contribution >= 4 is 43.1 Å². The van der Waals surface area contributed by atoms with Gasteiger partial charge in [0, 0.05) is 226 Å². The molecule has 0 amide bonds. The predicted octanol–water partition coefficient (Wildman–Crippen LogP) is 8.54. The van der Waals surface area contributed by atoms with E-state index in [2.05, 4.69) is 0 Å². The molecule has 0 aliphatic heterocycles. The van der Waals surface area contributed by atoms with Crippen LogP contribution in [0.5, 0.6) is 23.0 Å².